The maximum absolute atomic E-state index is 13.6. The number of aromatic amines is 1. The van der Waals surface area contributed by atoms with Crippen LogP contribution >= 0.6 is 0 Å². The van der Waals surface area contributed by atoms with E-state index in [2.05, 4.69) is 62.4 Å². The number of hydrogen-bond donors (Lipinski definition) is 1. The molecule has 7 rings (SSSR count). The highest BCUT2D eigenvalue weighted by atomic mass is 16.7. The Kier molecular flexibility index (Phi) is 6.93. The number of nitrogens with one attached hydrogen (secondary N) is 1. The van der Waals surface area contributed by atoms with E-state index in [0.717, 1.165) is 80.1 Å². The molecular formula is C30H35N7O4. The van der Waals surface area contributed by atoms with Crippen molar-refractivity contribution >= 4 is 10.9 Å². The van der Waals surface area contributed by atoms with Crippen LogP contribution in [-0.2, 0) is 17.8 Å². The first-order valence-electron chi connectivity index (χ1n) is 14.4. The second-order valence-corrected chi connectivity index (χ2v) is 11.3. The number of benzene rings is 2. The van der Waals surface area contributed by atoms with E-state index in [0.29, 0.717) is 17.9 Å². The van der Waals surface area contributed by atoms with Gasteiger partial charge in [-0.2, -0.15) is 0 Å². The minimum atomic E-state index is -0.381. The number of hydrogen-bond acceptors (Lipinski definition) is 9. The summed E-state index contributed by atoms with van der Waals surface area (Å²) < 4.78 is 18.8. The molecule has 0 spiro atoms. The van der Waals surface area contributed by atoms with Crippen LogP contribution in [0.5, 0.6) is 11.5 Å². The molecule has 0 aliphatic carbocycles. The zero-order valence-corrected chi connectivity index (χ0v) is 23.5. The summed E-state index contributed by atoms with van der Waals surface area (Å²) in [7, 11) is 0. The Labute approximate surface area is 238 Å². The molecular weight excluding hydrogens is 522 g/mol. The van der Waals surface area contributed by atoms with Gasteiger partial charge < -0.3 is 19.2 Å². The van der Waals surface area contributed by atoms with Gasteiger partial charge >= 0.3 is 0 Å². The monoisotopic (exact) mass is 557 g/mol. The van der Waals surface area contributed by atoms with Gasteiger partial charge in [0, 0.05) is 50.4 Å². The highest BCUT2D eigenvalue weighted by molar-refractivity contribution is 5.81. The molecule has 2 unspecified atom stereocenters. The van der Waals surface area contributed by atoms with Gasteiger partial charge in [-0.25, -0.2) is 4.68 Å². The van der Waals surface area contributed by atoms with Crippen molar-refractivity contribution in [1.29, 1.82) is 0 Å². The molecule has 0 radical (unpaired) electrons. The smallest absolute Gasteiger partial charge is 0.253 e. The normalized spacial score (nSPS) is 20.2. The molecule has 4 aromatic rings. The van der Waals surface area contributed by atoms with Crippen molar-refractivity contribution in [3.05, 3.63) is 74.8 Å². The van der Waals surface area contributed by atoms with Crippen LogP contribution in [0.2, 0.25) is 0 Å². The molecule has 2 aromatic carbocycles. The van der Waals surface area contributed by atoms with Crippen molar-refractivity contribution in [2.75, 3.05) is 39.6 Å². The Hall–Kier alpha value is -3.80. The van der Waals surface area contributed by atoms with Crippen molar-refractivity contribution in [3.8, 4) is 11.5 Å². The van der Waals surface area contributed by atoms with Gasteiger partial charge in [-0.3, -0.25) is 14.6 Å². The first kappa shape index (κ1) is 26.1. The Morgan fingerprint density at radius 1 is 1.02 bits per heavy atom. The third-order valence-electron chi connectivity index (χ3n) is 8.60. The van der Waals surface area contributed by atoms with Gasteiger partial charge in [-0.05, 0) is 89.5 Å². The maximum Gasteiger partial charge on any atom is 0.253 e. The fourth-order valence-electron chi connectivity index (χ4n) is 6.19. The predicted octanol–water partition coefficient (Wildman–Crippen LogP) is 2.95. The first-order chi connectivity index (χ1) is 20.0. The molecule has 3 aliphatic heterocycles. The van der Waals surface area contributed by atoms with Gasteiger partial charge in [0.1, 0.15) is 6.04 Å². The van der Waals surface area contributed by atoms with E-state index in [1.165, 1.54) is 11.1 Å². The summed E-state index contributed by atoms with van der Waals surface area (Å²) in [4.78, 5) is 21.6. The van der Waals surface area contributed by atoms with Crippen molar-refractivity contribution in [1.82, 2.24) is 35.0 Å². The number of piperazine rings is 1. The van der Waals surface area contributed by atoms with E-state index >= 15 is 0 Å². The molecule has 2 atom stereocenters. The van der Waals surface area contributed by atoms with Gasteiger partial charge in [-0.15, -0.1) is 5.10 Å². The van der Waals surface area contributed by atoms with Crippen LogP contribution < -0.4 is 15.0 Å². The highest BCUT2D eigenvalue weighted by Gasteiger charge is 2.33. The van der Waals surface area contributed by atoms with E-state index in [4.69, 9.17) is 14.2 Å². The lowest BCUT2D eigenvalue weighted by Gasteiger charge is -2.38. The van der Waals surface area contributed by atoms with Crippen molar-refractivity contribution < 1.29 is 14.2 Å². The third kappa shape index (κ3) is 5.20. The van der Waals surface area contributed by atoms with Gasteiger partial charge in [0.2, 0.25) is 6.79 Å². The lowest BCUT2D eigenvalue weighted by atomic mass is 10.00. The third-order valence-corrected chi connectivity index (χ3v) is 8.60. The maximum atomic E-state index is 13.6. The molecule has 0 amide bonds. The summed E-state index contributed by atoms with van der Waals surface area (Å²) in [5, 5.41) is 13.9. The zero-order valence-electron chi connectivity index (χ0n) is 23.5. The van der Waals surface area contributed by atoms with Gasteiger partial charge in [0.05, 0.1) is 12.6 Å². The summed E-state index contributed by atoms with van der Waals surface area (Å²) in [6, 6.07) is 12.0. The quantitative estimate of drug-likeness (QED) is 0.367. The SMILES string of the molecule is Cc1cc2cc(C(c3nnnn3CC3CCCO3)N3CCN(Cc4ccc5c(c4)OCO5)CC3)c(=O)[nH]c2cc1C. The summed E-state index contributed by atoms with van der Waals surface area (Å²) in [5.74, 6) is 2.28. The molecule has 5 heterocycles. The molecule has 2 fully saturated rings. The van der Waals surface area contributed by atoms with Crippen LogP contribution in [0.4, 0.5) is 0 Å². The first-order valence-corrected chi connectivity index (χ1v) is 14.4. The Balaban J connectivity index is 1.18. The summed E-state index contributed by atoms with van der Waals surface area (Å²) >= 11 is 0. The molecule has 1 N–H and O–H groups in total. The number of aromatic nitrogens is 5. The Morgan fingerprint density at radius 2 is 1.85 bits per heavy atom. The van der Waals surface area contributed by atoms with Crippen LogP contribution in [0.15, 0.2) is 41.2 Å². The van der Waals surface area contributed by atoms with Gasteiger partial charge in [0.15, 0.2) is 17.3 Å². The number of ether oxygens (including phenoxy) is 3. The van der Waals surface area contributed by atoms with E-state index in [9.17, 15) is 4.79 Å². The Morgan fingerprint density at radius 3 is 2.68 bits per heavy atom. The molecule has 214 valence electrons. The molecule has 11 heteroatoms. The number of nitrogens with zero attached hydrogens (tertiary/aromatic N) is 6. The fourth-order valence-corrected chi connectivity index (χ4v) is 6.19. The lowest BCUT2D eigenvalue weighted by molar-refractivity contribution is 0.0840. The number of tetrazole rings is 1. The van der Waals surface area contributed by atoms with Crippen molar-refractivity contribution in [2.45, 2.75) is 51.9 Å². The van der Waals surface area contributed by atoms with Crippen LogP contribution in [0, 0.1) is 13.8 Å². The lowest BCUT2D eigenvalue weighted by Crippen LogP contribution is -2.48. The van der Waals surface area contributed by atoms with Crippen LogP contribution in [0.3, 0.4) is 0 Å². The molecule has 2 saturated heterocycles. The minimum absolute atomic E-state index is 0.0805. The molecule has 11 nitrogen and oxygen atoms in total. The van der Waals surface area contributed by atoms with E-state index in [1.807, 2.05) is 22.9 Å². The van der Waals surface area contributed by atoms with E-state index in [-0.39, 0.29) is 24.5 Å². The highest BCUT2D eigenvalue weighted by Crippen LogP contribution is 2.33. The molecule has 0 bridgehead atoms. The summed E-state index contributed by atoms with van der Waals surface area (Å²) in [6.45, 7) is 9.83. The van der Waals surface area contributed by atoms with E-state index < -0.39 is 0 Å². The largest absolute Gasteiger partial charge is 0.454 e. The Bertz CT molecular complexity index is 1620. The fraction of sp³-hybridized carbons (Fsp3) is 0.467. The molecule has 41 heavy (non-hydrogen) atoms. The second-order valence-electron chi connectivity index (χ2n) is 11.3. The van der Waals surface area contributed by atoms with Crippen LogP contribution in [0.1, 0.15) is 47.0 Å². The predicted molar refractivity (Wildman–Crippen MR) is 152 cm³/mol. The minimum Gasteiger partial charge on any atom is -0.454 e. The summed E-state index contributed by atoms with van der Waals surface area (Å²) in [6.07, 6.45) is 2.11. The summed E-state index contributed by atoms with van der Waals surface area (Å²) in [5.41, 5.74) is 4.92. The zero-order chi connectivity index (χ0) is 27.9. The van der Waals surface area contributed by atoms with Crippen LogP contribution in [0.25, 0.3) is 10.9 Å². The molecule has 2 aromatic heterocycles. The van der Waals surface area contributed by atoms with Crippen molar-refractivity contribution in [2.24, 2.45) is 0 Å². The van der Waals surface area contributed by atoms with Crippen molar-refractivity contribution in [3.63, 3.8) is 0 Å². The standard InChI is InChI=1S/C30H35N7O4/c1-19-12-22-15-24(30(38)31-25(22)13-20(19)2)28(29-32-33-34-37(29)17-23-4-3-11-39-23)36-9-7-35(8-10-36)16-21-5-6-26-27(14-21)41-18-40-26/h5-6,12-15,23,28H,3-4,7-11,16-18H2,1-2H3,(H,31,38). The number of pyridine rings is 1. The van der Waals surface area contributed by atoms with Crippen LogP contribution in [-0.4, -0.2) is 80.7 Å². The molecule has 3 aliphatic rings. The average Bonchev–Trinajstić information content (AvgIpc) is 3.75. The topological polar surface area (TPSA) is 111 Å². The van der Waals surface area contributed by atoms with Gasteiger partial charge in [-0.1, -0.05) is 6.07 Å². The van der Waals surface area contributed by atoms with Gasteiger partial charge in [0.25, 0.3) is 5.56 Å². The average molecular weight is 558 g/mol. The van der Waals surface area contributed by atoms with E-state index in [1.54, 1.807) is 0 Å². The number of aryl methyl sites for hydroxylation is 2. The number of H-pyrrole nitrogens is 1. The number of rotatable bonds is 7. The second kappa shape index (κ2) is 10.9. The molecule has 0 saturated carbocycles. The number of fused-ring (bicyclic) bond motifs is 2.